The molecule has 3 unspecified atom stereocenters. The van der Waals surface area contributed by atoms with E-state index in [0.717, 1.165) is 19.3 Å². The average molecular weight is 812 g/mol. The van der Waals surface area contributed by atoms with E-state index < -0.39 is 50.0 Å². The fourth-order valence-electron chi connectivity index (χ4n) is 7.48. The predicted octanol–water partition coefficient (Wildman–Crippen LogP) is 6.38. The number of aliphatic hydroxyl groups is 2. The summed E-state index contributed by atoms with van der Waals surface area (Å²) in [6, 6.07) is 8.61. The molecule has 1 saturated carbocycles. The van der Waals surface area contributed by atoms with Crippen LogP contribution in [-0.2, 0) is 34.4 Å². The van der Waals surface area contributed by atoms with Crippen molar-refractivity contribution >= 4 is 19.2 Å². The molecule has 57 heavy (non-hydrogen) atoms. The molecule has 3 aromatic heterocycles. The zero-order valence-electron chi connectivity index (χ0n) is 32.9. The lowest BCUT2D eigenvalue weighted by Gasteiger charge is -2.24. The van der Waals surface area contributed by atoms with E-state index in [1.165, 1.54) is 101 Å². The number of nitrogens with two attached hydrogens (primary N) is 1. The van der Waals surface area contributed by atoms with Gasteiger partial charge in [-0.3, -0.25) is 14.0 Å². The number of nitrogen functional groups attached to an aromatic ring is 1. The van der Waals surface area contributed by atoms with Crippen LogP contribution in [-0.4, -0.2) is 84.0 Å². The molecule has 16 nitrogen and oxygen atoms in total. The number of phosphoric ester groups is 1. The summed E-state index contributed by atoms with van der Waals surface area (Å²) >= 11 is 0. The molecule has 0 amide bonds. The number of nitriles is 2. The van der Waals surface area contributed by atoms with Crippen molar-refractivity contribution in [1.29, 1.82) is 10.5 Å². The van der Waals surface area contributed by atoms with Crippen LogP contribution in [0.4, 0.5) is 5.82 Å². The standard InChI is InChI=1S/C40H58N7O9P/c1-2-3-4-5-6-7-8-9-10-11-12-13-14-15-16-17-20-52-26-32(53-25-31-21-30(22-41)23-44-24-31)27-54-57(50,51)56-38-39(28-42)40(38,49)36(48)35(55-39)33-18-19-34-37(43)45-29-46-47(33)34/h18-19,21,23-24,29,32,35-36,38,48-49H,2-17,20,25-27H2,1H3,(H,50,51)(H2,43,45,46)/t32-,35?,36+,38?,39-,40-/m1/s1. The SMILES string of the molecule is CCCCCCCCCCCCCCCCCCOC[C@H](COP(=O)(O)OC1[C@@]2(C#N)OC(c3ccc4c(N)ncnn34)[C@H](O)[C@@]12O)OCc1cncc(C#N)c1. The van der Waals surface area contributed by atoms with Crippen molar-refractivity contribution in [2.45, 2.75) is 152 Å². The first kappa shape index (κ1) is 44.6. The van der Waals surface area contributed by atoms with Crippen LogP contribution in [0.5, 0.6) is 0 Å². The van der Waals surface area contributed by atoms with Crippen LogP contribution in [0.25, 0.3) is 5.52 Å². The summed E-state index contributed by atoms with van der Waals surface area (Å²) in [5, 5.41) is 46.0. The van der Waals surface area contributed by atoms with Gasteiger partial charge < -0.3 is 35.1 Å². The van der Waals surface area contributed by atoms with Crippen LogP contribution in [0.15, 0.2) is 36.9 Å². The molecule has 2 fully saturated rings. The Bertz CT molecular complexity index is 1850. The average Bonchev–Trinajstić information content (AvgIpc) is 3.44. The van der Waals surface area contributed by atoms with Gasteiger partial charge in [0.15, 0.2) is 17.5 Å². The third kappa shape index (κ3) is 11.4. The van der Waals surface area contributed by atoms with E-state index in [2.05, 4.69) is 22.0 Å². The highest BCUT2D eigenvalue weighted by molar-refractivity contribution is 7.47. The molecule has 5 N–H and O–H groups in total. The van der Waals surface area contributed by atoms with Gasteiger partial charge in [0.2, 0.25) is 5.60 Å². The highest BCUT2D eigenvalue weighted by Gasteiger charge is 2.90. The molecular weight excluding hydrogens is 753 g/mol. The summed E-state index contributed by atoms with van der Waals surface area (Å²) in [5.74, 6) is 0.169. The third-order valence-electron chi connectivity index (χ3n) is 10.8. The van der Waals surface area contributed by atoms with E-state index in [0.29, 0.717) is 23.3 Å². The lowest BCUT2D eigenvalue weighted by atomic mass is 10.0. The molecule has 17 heteroatoms. The number of aliphatic hydroxyl groups excluding tert-OH is 1. The van der Waals surface area contributed by atoms with Crippen molar-refractivity contribution in [2.75, 3.05) is 25.6 Å². The van der Waals surface area contributed by atoms with Gasteiger partial charge in [0.05, 0.1) is 31.1 Å². The molecule has 2 aliphatic rings. The number of rotatable bonds is 28. The predicted molar refractivity (Wildman–Crippen MR) is 209 cm³/mol. The molecule has 7 atom stereocenters. The maximum atomic E-state index is 13.2. The van der Waals surface area contributed by atoms with Gasteiger partial charge in [-0.1, -0.05) is 103 Å². The van der Waals surface area contributed by atoms with E-state index >= 15 is 0 Å². The normalized spacial score (nSPS) is 24.1. The smallest absolute Gasteiger partial charge is 0.387 e. The molecule has 0 aromatic carbocycles. The van der Waals surface area contributed by atoms with Crippen LogP contribution in [0.1, 0.15) is 133 Å². The number of hydrogen-bond donors (Lipinski definition) is 4. The summed E-state index contributed by atoms with van der Waals surface area (Å²) in [6.45, 7) is 2.31. The molecule has 4 heterocycles. The molecule has 3 aromatic rings. The fourth-order valence-corrected chi connectivity index (χ4v) is 8.47. The van der Waals surface area contributed by atoms with Crippen LogP contribution in [0.2, 0.25) is 0 Å². The topological polar surface area (TPSA) is 241 Å². The largest absolute Gasteiger partial charge is 0.472 e. The first-order valence-corrected chi connectivity index (χ1v) is 21.9. The zero-order valence-corrected chi connectivity index (χ0v) is 33.8. The summed E-state index contributed by atoms with van der Waals surface area (Å²) in [7, 11) is -4.97. The first-order valence-electron chi connectivity index (χ1n) is 20.4. The number of unbranched alkanes of at least 4 members (excludes halogenated alkanes) is 15. The molecule has 1 aliphatic carbocycles. The van der Waals surface area contributed by atoms with Gasteiger partial charge in [0, 0.05) is 19.0 Å². The lowest BCUT2D eigenvalue weighted by molar-refractivity contribution is -0.0795. The zero-order chi connectivity index (χ0) is 40.7. The minimum absolute atomic E-state index is 0.0157. The molecule has 312 valence electrons. The number of pyridine rings is 1. The van der Waals surface area contributed by atoms with Crippen LogP contribution >= 0.6 is 7.82 Å². The molecule has 1 saturated heterocycles. The van der Waals surface area contributed by atoms with Gasteiger partial charge in [-0.25, -0.2) is 14.1 Å². The van der Waals surface area contributed by atoms with Crippen molar-refractivity contribution in [1.82, 2.24) is 19.6 Å². The van der Waals surface area contributed by atoms with E-state index in [-0.39, 0.29) is 24.7 Å². The minimum atomic E-state index is -4.97. The Labute approximate surface area is 334 Å². The number of anilines is 1. The van der Waals surface area contributed by atoms with Gasteiger partial charge in [0.1, 0.15) is 42.3 Å². The highest BCUT2D eigenvalue weighted by atomic mass is 31.2. The molecular formula is C40H58N7O9P. The Morgan fingerprint density at radius 1 is 0.982 bits per heavy atom. The Morgan fingerprint density at radius 2 is 1.63 bits per heavy atom. The summed E-state index contributed by atoms with van der Waals surface area (Å²) in [6.07, 6.45) is 18.9. The number of fused-ring (bicyclic) bond motifs is 2. The number of nitrogens with zero attached hydrogens (tertiary/aromatic N) is 6. The number of ether oxygens (including phenoxy) is 3. The third-order valence-corrected chi connectivity index (χ3v) is 11.8. The van der Waals surface area contributed by atoms with Gasteiger partial charge in [-0.15, -0.1) is 0 Å². The van der Waals surface area contributed by atoms with E-state index in [9.17, 15) is 30.2 Å². The summed E-state index contributed by atoms with van der Waals surface area (Å²) < 4.78 is 42.8. The van der Waals surface area contributed by atoms with Crippen molar-refractivity contribution < 1.29 is 42.9 Å². The van der Waals surface area contributed by atoms with Gasteiger partial charge in [-0.05, 0) is 30.2 Å². The molecule has 0 spiro atoms. The maximum absolute atomic E-state index is 13.2. The van der Waals surface area contributed by atoms with E-state index in [1.807, 2.05) is 12.1 Å². The Morgan fingerprint density at radius 3 is 2.25 bits per heavy atom. The van der Waals surface area contributed by atoms with Crippen molar-refractivity contribution in [2.24, 2.45) is 0 Å². The minimum Gasteiger partial charge on any atom is -0.387 e. The Hall–Kier alpha value is -3.54. The number of phosphoric acid groups is 1. The second-order valence-corrected chi connectivity index (χ2v) is 16.5. The van der Waals surface area contributed by atoms with Crippen LogP contribution < -0.4 is 5.73 Å². The fraction of sp³-hybridized carbons (Fsp3) is 0.675. The van der Waals surface area contributed by atoms with Gasteiger partial charge in [0.25, 0.3) is 0 Å². The van der Waals surface area contributed by atoms with Gasteiger partial charge >= 0.3 is 7.82 Å². The molecule has 0 bridgehead atoms. The van der Waals surface area contributed by atoms with E-state index in [1.54, 1.807) is 24.4 Å². The Balaban J connectivity index is 1.04. The molecule has 1 aliphatic heterocycles. The second kappa shape index (κ2) is 21.5. The van der Waals surface area contributed by atoms with Crippen LogP contribution in [0, 0.1) is 22.7 Å². The molecule has 0 radical (unpaired) electrons. The first-order chi connectivity index (χ1) is 27.6. The maximum Gasteiger partial charge on any atom is 0.472 e. The van der Waals surface area contributed by atoms with Crippen LogP contribution in [0.3, 0.4) is 0 Å². The Kier molecular flexibility index (Phi) is 16.8. The quantitative estimate of drug-likeness (QED) is 0.0459. The van der Waals surface area contributed by atoms with E-state index in [4.69, 9.17) is 29.0 Å². The van der Waals surface area contributed by atoms with Crippen molar-refractivity contribution in [3.05, 3.63) is 53.7 Å². The number of hydrogen-bond acceptors (Lipinski definition) is 14. The highest BCUT2D eigenvalue weighted by Crippen LogP contribution is 2.68. The summed E-state index contributed by atoms with van der Waals surface area (Å²) in [4.78, 5) is 18.7. The number of aromatic nitrogens is 4. The van der Waals surface area contributed by atoms with Crippen molar-refractivity contribution in [3.8, 4) is 12.1 Å². The lowest BCUT2D eigenvalue weighted by Crippen LogP contribution is -2.35. The molecule has 5 rings (SSSR count). The monoisotopic (exact) mass is 811 g/mol. The summed E-state index contributed by atoms with van der Waals surface area (Å²) in [5.41, 5.74) is 3.03. The second-order valence-electron chi connectivity index (χ2n) is 15.1. The van der Waals surface area contributed by atoms with Crippen molar-refractivity contribution in [3.63, 3.8) is 0 Å². The van der Waals surface area contributed by atoms with Gasteiger partial charge in [-0.2, -0.15) is 15.6 Å².